The quantitative estimate of drug-likeness (QED) is 0.817. The molecule has 88 valence electrons. The molecule has 0 radical (unpaired) electrons. The van der Waals surface area contributed by atoms with Gasteiger partial charge in [-0.15, -0.1) is 0 Å². The van der Waals surface area contributed by atoms with Crippen molar-refractivity contribution >= 4 is 0 Å². The molecule has 1 aromatic heterocycles. The molecule has 0 spiro atoms. The average molecular weight is 223 g/mol. The maximum Gasteiger partial charge on any atom is 0.244 e. The van der Waals surface area contributed by atoms with Crippen molar-refractivity contribution < 1.29 is 9.26 Å². The van der Waals surface area contributed by atoms with Crippen LogP contribution < -0.4 is 5.32 Å². The van der Waals surface area contributed by atoms with Gasteiger partial charge in [-0.2, -0.15) is 4.98 Å². The molecule has 3 atom stereocenters. The standard InChI is InChI=1S/C11H17N3O2/c1-7-2-4-12-9(7)11-13-10(14-16-11)8-3-5-15-6-8/h7-9,12H,2-6H2,1H3. The first kappa shape index (κ1) is 10.2. The van der Waals surface area contributed by atoms with E-state index in [1.165, 1.54) is 6.42 Å². The topological polar surface area (TPSA) is 60.2 Å². The third-order valence-electron chi connectivity index (χ3n) is 3.55. The first-order chi connectivity index (χ1) is 7.84. The highest BCUT2D eigenvalue weighted by atomic mass is 16.5. The minimum Gasteiger partial charge on any atom is -0.381 e. The van der Waals surface area contributed by atoms with Crippen LogP contribution in [0.3, 0.4) is 0 Å². The zero-order valence-corrected chi connectivity index (χ0v) is 9.48. The summed E-state index contributed by atoms with van der Waals surface area (Å²) < 4.78 is 10.7. The van der Waals surface area contributed by atoms with E-state index in [4.69, 9.17) is 9.26 Å². The molecule has 1 aromatic rings. The van der Waals surface area contributed by atoms with Crippen LogP contribution in [0.25, 0.3) is 0 Å². The highest BCUT2D eigenvalue weighted by Crippen LogP contribution is 2.29. The van der Waals surface area contributed by atoms with Crippen LogP contribution in [0.15, 0.2) is 4.52 Å². The van der Waals surface area contributed by atoms with E-state index in [0.29, 0.717) is 11.8 Å². The molecule has 2 aliphatic heterocycles. The van der Waals surface area contributed by atoms with Crippen molar-refractivity contribution in [2.24, 2.45) is 5.92 Å². The zero-order chi connectivity index (χ0) is 11.0. The molecule has 3 unspecified atom stereocenters. The summed E-state index contributed by atoms with van der Waals surface area (Å²) in [5.41, 5.74) is 0. The summed E-state index contributed by atoms with van der Waals surface area (Å²) in [6, 6.07) is 0.239. The van der Waals surface area contributed by atoms with Gasteiger partial charge in [0, 0.05) is 12.5 Å². The Morgan fingerprint density at radius 2 is 2.31 bits per heavy atom. The first-order valence-electron chi connectivity index (χ1n) is 5.99. The number of aromatic nitrogens is 2. The molecular formula is C11H17N3O2. The molecule has 0 amide bonds. The summed E-state index contributed by atoms with van der Waals surface area (Å²) >= 11 is 0. The second kappa shape index (κ2) is 4.14. The lowest BCUT2D eigenvalue weighted by Crippen LogP contribution is -2.17. The summed E-state index contributed by atoms with van der Waals surface area (Å²) in [4.78, 5) is 4.50. The average Bonchev–Trinajstić information content (AvgIpc) is 2.96. The second-order valence-corrected chi connectivity index (χ2v) is 4.75. The van der Waals surface area contributed by atoms with Gasteiger partial charge in [-0.3, -0.25) is 0 Å². The third kappa shape index (κ3) is 1.74. The van der Waals surface area contributed by atoms with E-state index < -0.39 is 0 Å². The Morgan fingerprint density at radius 3 is 3.00 bits per heavy atom. The number of rotatable bonds is 2. The number of nitrogens with one attached hydrogen (secondary N) is 1. The molecule has 0 aliphatic carbocycles. The van der Waals surface area contributed by atoms with Crippen molar-refractivity contribution in [3.63, 3.8) is 0 Å². The minimum absolute atomic E-state index is 0.239. The summed E-state index contributed by atoms with van der Waals surface area (Å²) in [6.07, 6.45) is 2.18. The molecule has 3 heterocycles. The summed E-state index contributed by atoms with van der Waals surface area (Å²) in [5.74, 6) is 2.46. The van der Waals surface area contributed by atoms with E-state index >= 15 is 0 Å². The number of nitrogens with zero attached hydrogens (tertiary/aromatic N) is 2. The number of hydrogen-bond acceptors (Lipinski definition) is 5. The molecule has 0 bridgehead atoms. The van der Waals surface area contributed by atoms with Gasteiger partial charge in [-0.05, 0) is 25.3 Å². The molecule has 2 aliphatic rings. The van der Waals surface area contributed by atoms with Gasteiger partial charge in [0.25, 0.3) is 0 Å². The van der Waals surface area contributed by atoms with Crippen molar-refractivity contribution in [1.82, 2.24) is 15.5 Å². The Labute approximate surface area is 94.6 Å². The van der Waals surface area contributed by atoms with Crippen LogP contribution >= 0.6 is 0 Å². The Bertz CT molecular complexity index is 360. The van der Waals surface area contributed by atoms with E-state index in [9.17, 15) is 0 Å². The molecule has 3 rings (SSSR count). The largest absolute Gasteiger partial charge is 0.381 e. The summed E-state index contributed by atoms with van der Waals surface area (Å²) in [5, 5.41) is 7.47. The van der Waals surface area contributed by atoms with Crippen molar-refractivity contribution in [3.8, 4) is 0 Å². The molecule has 5 nitrogen and oxygen atoms in total. The SMILES string of the molecule is CC1CCNC1c1nc(C2CCOC2)no1. The van der Waals surface area contributed by atoms with E-state index in [2.05, 4.69) is 22.4 Å². The van der Waals surface area contributed by atoms with Crippen LogP contribution in [0.1, 0.15) is 43.4 Å². The summed E-state index contributed by atoms with van der Waals surface area (Å²) in [7, 11) is 0. The lowest BCUT2D eigenvalue weighted by molar-refractivity contribution is 0.192. The van der Waals surface area contributed by atoms with Crippen LogP contribution in [-0.4, -0.2) is 29.9 Å². The lowest BCUT2D eigenvalue weighted by Gasteiger charge is -2.09. The van der Waals surface area contributed by atoms with Crippen molar-refractivity contribution in [3.05, 3.63) is 11.7 Å². The maximum atomic E-state index is 5.35. The van der Waals surface area contributed by atoms with E-state index in [1.54, 1.807) is 0 Å². The molecule has 2 fully saturated rings. The first-order valence-corrected chi connectivity index (χ1v) is 5.99. The van der Waals surface area contributed by atoms with Gasteiger partial charge in [0.05, 0.1) is 12.6 Å². The lowest BCUT2D eigenvalue weighted by atomic mass is 10.0. The number of ether oxygens (including phenoxy) is 1. The Hall–Kier alpha value is -0.940. The fraction of sp³-hybridized carbons (Fsp3) is 0.818. The molecule has 5 heteroatoms. The molecule has 0 saturated carbocycles. The fourth-order valence-corrected chi connectivity index (χ4v) is 2.44. The van der Waals surface area contributed by atoms with Gasteiger partial charge in [-0.1, -0.05) is 12.1 Å². The predicted octanol–water partition coefficient (Wildman–Crippen LogP) is 1.24. The Kier molecular flexibility index (Phi) is 2.65. The van der Waals surface area contributed by atoms with E-state index in [1.807, 2.05) is 0 Å². The van der Waals surface area contributed by atoms with Crippen LogP contribution in [0.4, 0.5) is 0 Å². The predicted molar refractivity (Wildman–Crippen MR) is 57.0 cm³/mol. The van der Waals surface area contributed by atoms with Gasteiger partial charge >= 0.3 is 0 Å². The van der Waals surface area contributed by atoms with Gasteiger partial charge < -0.3 is 14.6 Å². The smallest absolute Gasteiger partial charge is 0.244 e. The molecule has 2 saturated heterocycles. The monoisotopic (exact) mass is 223 g/mol. The van der Waals surface area contributed by atoms with Crippen molar-refractivity contribution in [2.75, 3.05) is 19.8 Å². The number of hydrogen-bond donors (Lipinski definition) is 1. The Balaban J connectivity index is 1.76. The molecule has 1 N–H and O–H groups in total. The molecular weight excluding hydrogens is 206 g/mol. The van der Waals surface area contributed by atoms with Gasteiger partial charge in [0.1, 0.15) is 0 Å². The second-order valence-electron chi connectivity index (χ2n) is 4.75. The Morgan fingerprint density at radius 1 is 1.38 bits per heavy atom. The third-order valence-corrected chi connectivity index (χ3v) is 3.55. The minimum atomic E-state index is 0.239. The van der Waals surface area contributed by atoms with E-state index in [0.717, 1.165) is 37.9 Å². The van der Waals surface area contributed by atoms with Crippen molar-refractivity contribution in [1.29, 1.82) is 0 Å². The molecule has 16 heavy (non-hydrogen) atoms. The highest BCUT2D eigenvalue weighted by molar-refractivity contribution is 5.02. The maximum absolute atomic E-state index is 5.35. The fourth-order valence-electron chi connectivity index (χ4n) is 2.44. The normalized spacial score (nSPS) is 34.7. The van der Waals surface area contributed by atoms with Crippen LogP contribution in [0.5, 0.6) is 0 Å². The van der Waals surface area contributed by atoms with Crippen LogP contribution in [0, 0.1) is 5.92 Å². The van der Waals surface area contributed by atoms with Gasteiger partial charge in [0.2, 0.25) is 5.89 Å². The van der Waals surface area contributed by atoms with Gasteiger partial charge in [-0.25, -0.2) is 0 Å². The summed E-state index contributed by atoms with van der Waals surface area (Å²) in [6.45, 7) is 4.79. The van der Waals surface area contributed by atoms with E-state index in [-0.39, 0.29) is 6.04 Å². The zero-order valence-electron chi connectivity index (χ0n) is 9.48. The molecule has 0 aromatic carbocycles. The highest BCUT2D eigenvalue weighted by Gasteiger charge is 2.31. The van der Waals surface area contributed by atoms with Crippen LogP contribution in [0.2, 0.25) is 0 Å². The van der Waals surface area contributed by atoms with Crippen LogP contribution in [-0.2, 0) is 4.74 Å². The van der Waals surface area contributed by atoms with Crippen molar-refractivity contribution in [2.45, 2.75) is 31.7 Å². The van der Waals surface area contributed by atoms with Gasteiger partial charge in [0.15, 0.2) is 5.82 Å².